The summed E-state index contributed by atoms with van der Waals surface area (Å²) in [5.41, 5.74) is -0.0877. The number of rotatable bonds is 4. The zero-order valence-electron chi connectivity index (χ0n) is 12.0. The molecule has 0 bridgehead atoms. The Balaban J connectivity index is 2.19. The predicted octanol–water partition coefficient (Wildman–Crippen LogP) is 2.86. The van der Waals surface area contributed by atoms with Crippen molar-refractivity contribution in [1.29, 1.82) is 0 Å². The van der Waals surface area contributed by atoms with Gasteiger partial charge in [-0.05, 0) is 44.7 Å². The van der Waals surface area contributed by atoms with E-state index in [9.17, 15) is 0 Å². The monoisotopic (exact) mass is 253 g/mol. The fourth-order valence-electron chi connectivity index (χ4n) is 3.55. The van der Waals surface area contributed by atoms with Gasteiger partial charge in [-0.3, -0.25) is 0 Å². The van der Waals surface area contributed by atoms with Gasteiger partial charge >= 0.3 is 0 Å². The Bertz CT molecular complexity index is 303. The van der Waals surface area contributed by atoms with Crippen molar-refractivity contribution in [2.24, 2.45) is 5.92 Å². The van der Waals surface area contributed by atoms with Crippen molar-refractivity contribution in [3.8, 4) is 0 Å². The standard InChI is InChI=1S/C15H27NO2/c1-12-7-6-9-15(11-12,17-3)14(16-2)13-8-4-5-10-18-13/h8,12,14,16H,4-7,9-11H2,1-3H3. The van der Waals surface area contributed by atoms with Crippen LogP contribution < -0.4 is 5.32 Å². The molecule has 0 saturated heterocycles. The lowest BCUT2D eigenvalue weighted by atomic mass is 9.73. The molecule has 0 radical (unpaired) electrons. The van der Waals surface area contributed by atoms with Crippen LogP contribution in [0.4, 0.5) is 0 Å². The molecule has 18 heavy (non-hydrogen) atoms. The van der Waals surface area contributed by atoms with Gasteiger partial charge in [0.25, 0.3) is 0 Å². The number of hydrogen-bond acceptors (Lipinski definition) is 3. The van der Waals surface area contributed by atoms with Gasteiger partial charge in [0, 0.05) is 7.11 Å². The number of nitrogens with one attached hydrogen (secondary N) is 1. The molecule has 0 aromatic heterocycles. The lowest BCUT2D eigenvalue weighted by Crippen LogP contribution is -2.54. The van der Waals surface area contributed by atoms with Crippen molar-refractivity contribution in [3.05, 3.63) is 11.8 Å². The second-order valence-electron chi connectivity index (χ2n) is 5.79. The molecule has 2 rings (SSSR count). The summed E-state index contributed by atoms with van der Waals surface area (Å²) in [7, 11) is 3.87. The van der Waals surface area contributed by atoms with Gasteiger partial charge in [-0.1, -0.05) is 19.8 Å². The first-order valence-electron chi connectivity index (χ1n) is 7.27. The third-order valence-electron chi connectivity index (χ3n) is 4.46. The smallest absolute Gasteiger partial charge is 0.112 e. The maximum absolute atomic E-state index is 5.97. The Hall–Kier alpha value is -0.540. The molecule has 1 aliphatic heterocycles. The van der Waals surface area contributed by atoms with Crippen LogP contribution in [0, 0.1) is 5.92 Å². The molecule has 104 valence electrons. The van der Waals surface area contributed by atoms with Gasteiger partial charge in [-0.2, -0.15) is 0 Å². The van der Waals surface area contributed by atoms with Crippen molar-refractivity contribution in [2.45, 2.75) is 57.1 Å². The maximum Gasteiger partial charge on any atom is 0.112 e. The van der Waals surface area contributed by atoms with Crippen molar-refractivity contribution in [2.75, 3.05) is 20.8 Å². The fraction of sp³-hybridized carbons (Fsp3) is 0.867. The van der Waals surface area contributed by atoms with E-state index < -0.39 is 0 Å². The Labute approximate surface area is 111 Å². The number of hydrogen-bond donors (Lipinski definition) is 1. The molecule has 1 saturated carbocycles. The second-order valence-corrected chi connectivity index (χ2v) is 5.79. The zero-order valence-corrected chi connectivity index (χ0v) is 12.0. The molecular formula is C15H27NO2. The first kappa shape index (κ1) is 13.9. The maximum atomic E-state index is 5.97. The molecule has 0 spiro atoms. The third kappa shape index (κ3) is 2.72. The highest BCUT2D eigenvalue weighted by Gasteiger charge is 2.44. The van der Waals surface area contributed by atoms with E-state index in [0.717, 1.165) is 44.0 Å². The van der Waals surface area contributed by atoms with Crippen LogP contribution in [0.3, 0.4) is 0 Å². The van der Waals surface area contributed by atoms with Crippen LogP contribution in [0.25, 0.3) is 0 Å². The summed E-state index contributed by atoms with van der Waals surface area (Å²) >= 11 is 0. The number of allylic oxidation sites excluding steroid dienone is 1. The van der Waals surface area contributed by atoms with E-state index in [2.05, 4.69) is 18.3 Å². The van der Waals surface area contributed by atoms with E-state index in [1.807, 2.05) is 14.2 Å². The molecule has 3 heteroatoms. The zero-order chi connectivity index (χ0) is 13.0. The number of ether oxygens (including phenoxy) is 2. The van der Waals surface area contributed by atoms with Crippen LogP contribution in [0.1, 0.15) is 45.4 Å². The minimum absolute atomic E-state index is 0.0877. The summed E-state index contributed by atoms with van der Waals surface area (Å²) in [6.45, 7) is 3.18. The average molecular weight is 253 g/mol. The van der Waals surface area contributed by atoms with E-state index in [0.29, 0.717) is 0 Å². The first-order chi connectivity index (χ1) is 8.72. The van der Waals surface area contributed by atoms with Gasteiger partial charge in [-0.25, -0.2) is 0 Å². The highest BCUT2D eigenvalue weighted by molar-refractivity contribution is 5.14. The number of likely N-dealkylation sites (N-methyl/N-ethyl adjacent to an activating group) is 1. The van der Waals surface area contributed by atoms with Gasteiger partial charge in [0.05, 0.1) is 18.2 Å². The van der Waals surface area contributed by atoms with Crippen LogP contribution in [0.2, 0.25) is 0 Å². The largest absolute Gasteiger partial charge is 0.496 e. The van der Waals surface area contributed by atoms with E-state index >= 15 is 0 Å². The molecule has 3 unspecified atom stereocenters. The van der Waals surface area contributed by atoms with E-state index in [-0.39, 0.29) is 11.6 Å². The SMILES string of the molecule is CNC(C1=CCCCO1)C1(OC)CCCC(C)C1. The average Bonchev–Trinajstić information content (AvgIpc) is 2.41. The van der Waals surface area contributed by atoms with Gasteiger partial charge in [-0.15, -0.1) is 0 Å². The molecule has 0 aromatic rings. The molecule has 0 amide bonds. The van der Waals surface area contributed by atoms with E-state index in [1.165, 1.54) is 12.8 Å². The molecule has 1 N–H and O–H groups in total. The summed E-state index contributed by atoms with van der Waals surface area (Å²) in [4.78, 5) is 0. The molecule has 3 atom stereocenters. The lowest BCUT2D eigenvalue weighted by Gasteiger charge is -2.45. The molecule has 3 nitrogen and oxygen atoms in total. The van der Waals surface area contributed by atoms with Gasteiger partial charge in [0.1, 0.15) is 5.76 Å². The summed E-state index contributed by atoms with van der Waals surface area (Å²) in [5, 5.41) is 3.44. The minimum Gasteiger partial charge on any atom is -0.496 e. The van der Waals surface area contributed by atoms with Gasteiger partial charge in [0.15, 0.2) is 0 Å². The summed E-state index contributed by atoms with van der Waals surface area (Å²) in [6, 6.07) is 0.200. The summed E-state index contributed by atoms with van der Waals surface area (Å²) in [5.74, 6) is 1.83. The first-order valence-corrected chi connectivity index (χ1v) is 7.27. The van der Waals surface area contributed by atoms with Crippen LogP contribution >= 0.6 is 0 Å². The highest BCUT2D eigenvalue weighted by atomic mass is 16.5. The molecular weight excluding hydrogens is 226 g/mol. The number of methoxy groups -OCH3 is 1. The van der Waals surface area contributed by atoms with E-state index in [1.54, 1.807) is 0 Å². The van der Waals surface area contributed by atoms with Crippen molar-refractivity contribution in [1.82, 2.24) is 5.32 Å². The predicted molar refractivity (Wildman–Crippen MR) is 73.5 cm³/mol. The van der Waals surface area contributed by atoms with Crippen molar-refractivity contribution in [3.63, 3.8) is 0 Å². The van der Waals surface area contributed by atoms with Crippen molar-refractivity contribution >= 4 is 0 Å². The third-order valence-corrected chi connectivity index (χ3v) is 4.46. The van der Waals surface area contributed by atoms with Crippen molar-refractivity contribution < 1.29 is 9.47 Å². The Morgan fingerprint density at radius 3 is 2.89 bits per heavy atom. The topological polar surface area (TPSA) is 30.5 Å². The van der Waals surface area contributed by atoms with Gasteiger partial charge in [0.2, 0.25) is 0 Å². The van der Waals surface area contributed by atoms with Crippen LogP contribution in [0.5, 0.6) is 0 Å². The lowest BCUT2D eigenvalue weighted by molar-refractivity contribution is -0.0808. The van der Waals surface area contributed by atoms with Gasteiger partial charge < -0.3 is 14.8 Å². The minimum atomic E-state index is -0.0877. The van der Waals surface area contributed by atoms with E-state index in [4.69, 9.17) is 9.47 Å². The highest BCUT2D eigenvalue weighted by Crippen LogP contribution is 2.40. The molecule has 1 fully saturated rings. The Kier molecular flexibility index (Phi) is 4.68. The summed E-state index contributed by atoms with van der Waals surface area (Å²) < 4.78 is 11.8. The molecule has 1 aliphatic carbocycles. The summed E-state index contributed by atoms with van der Waals surface area (Å²) in [6.07, 6.45) is 9.32. The van der Waals surface area contributed by atoms with Crippen LogP contribution in [-0.2, 0) is 9.47 Å². The Morgan fingerprint density at radius 1 is 1.50 bits per heavy atom. The second kappa shape index (κ2) is 6.07. The molecule has 0 aromatic carbocycles. The molecule has 1 heterocycles. The van der Waals surface area contributed by atoms with Crippen LogP contribution in [-0.4, -0.2) is 32.4 Å². The Morgan fingerprint density at radius 2 is 2.33 bits per heavy atom. The van der Waals surface area contributed by atoms with Crippen LogP contribution in [0.15, 0.2) is 11.8 Å². The fourth-order valence-corrected chi connectivity index (χ4v) is 3.55. The quantitative estimate of drug-likeness (QED) is 0.835. The molecule has 2 aliphatic rings. The normalized spacial score (nSPS) is 34.6.